The highest BCUT2D eigenvalue weighted by Crippen LogP contribution is 2.60. The van der Waals surface area contributed by atoms with Crippen LogP contribution in [0.15, 0.2) is 0 Å². The van der Waals surface area contributed by atoms with Crippen molar-refractivity contribution in [3.63, 3.8) is 0 Å². The molecule has 0 heterocycles. The Hall–Kier alpha value is -12.5. The molecule has 624 valence electrons. The molecule has 0 fully saturated rings. The number of esters is 8. The number of methoxy groups -OCH3 is 8. The van der Waals surface area contributed by atoms with E-state index in [0.717, 1.165) is 0 Å². The molecule has 24 bridgehead atoms. The minimum Gasteiger partial charge on any atom is -0.496 e. The van der Waals surface area contributed by atoms with Crippen molar-refractivity contribution in [2.24, 2.45) is 43.3 Å². The van der Waals surface area contributed by atoms with E-state index in [1.807, 2.05) is 0 Å². The van der Waals surface area contributed by atoms with Crippen LogP contribution >= 0.6 is 0 Å². The summed E-state index contributed by atoms with van der Waals surface area (Å²) in [7, 11) is 11.9. The van der Waals surface area contributed by atoms with Crippen molar-refractivity contribution >= 4 is 47.8 Å². The lowest BCUT2D eigenvalue weighted by molar-refractivity contribution is -0.152. The molecule has 4 aromatic rings. The smallest absolute Gasteiger partial charge is 0.324 e. The summed E-state index contributed by atoms with van der Waals surface area (Å²) in [5.74, 6) is 47.2. The fourth-order valence-electron chi connectivity index (χ4n) is 19.6. The fraction of sp³-hybridized carbons (Fsp3) is 0.500. The summed E-state index contributed by atoms with van der Waals surface area (Å²) < 4.78 is 97.1. The van der Waals surface area contributed by atoms with E-state index in [-0.39, 0.29) is 156 Å². The predicted octanol–water partition coefficient (Wildman–Crippen LogP) is 8.08. The highest BCUT2D eigenvalue weighted by molar-refractivity contribution is 5.93. The minimum absolute atomic E-state index is 0.00711. The van der Waals surface area contributed by atoms with Gasteiger partial charge in [-0.05, 0) is 103 Å². The third kappa shape index (κ3) is 13.9. The van der Waals surface area contributed by atoms with Gasteiger partial charge in [0.15, 0.2) is 0 Å². The molecular weight excluding hydrogens is 1540 g/mol. The van der Waals surface area contributed by atoms with Crippen LogP contribution in [-0.2, 0) is 179 Å². The predicted molar refractivity (Wildman–Crippen MR) is 432 cm³/mol. The molecule has 0 radical (unpaired) electrons. The van der Waals surface area contributed by atoms with Crippen LogP contribution in [0.1, 0.15) is 144 Å². The summed E-state index contributed by atoms with van der Waals surface area (Å²) in [6, 6.07) is 0. The Morgan fingerprint density at radius 1 is 0.183 bits per heavy atom. The van der Waals surface area contributed by atoms with Crippen LogP contribution in [0.2, 0.25) is 0 Å². The molecule has 0 aromatic heterocycles. The van der Waals surface area contributed by atoms with E-state index in [1.165, 1.54) is 56.9 Å². The third-order valence-electron chi connectivity index (χ3n) is 24.6. The van der Waals surface area contributed by atoms with Gasteiger partial charge < -0.3 is 75.8 Å². The van der Waals surface area contributed by atoms with Crippen molar-refractivity contribution in [2.45, 2.75) is 158 Å². The first-order chi connectivity index (χ1) is 57.8. The van der Waals surface area contributed by atoms with Crippen LogP contribution in [0.4, 0.5) is 0 Å². The van der Waals surface area contributed by atoms with Crippen molar-refractivity contribution in [1.82, 2.24) is 0 Å². The number of ether oxygens (including phenoxy) is 16. The van der Waals surface area contributed by atoms with E-state index in [9.17, 15) is 38.4 Å². The van der Waals surface area contributed by atoms with Crippen LogP contribution in [-0.4, -0.2) is 157 Å². The monoisotopic (exact) mass is 1630 g/mol. The van der Waals surface area contributed by atoms with Gasteiger partial charge in [-0.15, -0.1) is 0 Å². The Kier molecular flexibility index (Phi) is 24.0. The van der Waals surface area contributed by atoms with Gasteiger partial charge in [0, 0.05) is 192 Å². The maximum Gasteiger partial charge on any atom is 0.324 e. The molecule has 0 saturated carbocycles. The van der Waals surface area contributed by atoms with Crippen LogP contribution < -0.4 is 37.9 Å². The van der Waals surface area contributed by atoms with Crippen LogP contribution in [0.5, 0.6) is 46.0 Å². The Balaban J connectivity index is 0.982. The summed E-state index contributed by atoms with van der Waals surface area (Å²) in [4.78, 5) is 118. The molecule has 0 spiro atoms. The lowest BCUT2D eigenvalue weighted by Crippen LogP contribution is -2.33. The summed E-state index contributed by atoms with van der Waals surface area (Å²) in [6.07, 6.45) is -0.770. The summed E-state index contributed by atoms with van der Waals surface area (Å²) in [6.45, 7) is 13.6. The standard InChI is InChI=1S/C96H96O24/c1-17-113-81(97)89-33-25-26-34-90(82(98)114-18-2)45-61-62(46-90)76(108-12)64-48-93(85(101)117-21-5,47-63(64)75(61)107-11)37-29-30-38-94(86(102)118-22-6)53-69-70(54-94)80(112-16)72-56-96(88(104)120-24-8,55-71(72)79(69)111-15)40-32-31-39-95(87(103)119-23-7)51-67-68(52-95)78(110-14)66-50-92(84(100)116-20-4,49-65(66)77(67)109-13)36-28-27-35-91(83(99)115-19-3)43-59-60(44-91)74(106-10)58(42-89)57(41-89)73(59)105-9/h17-24,41-56H2,1-16H3. The summed E-state index contributed by atoms with van der Waals surface area (Å²) in [5.41, 5.74) is -3.51. The largest absolute Gasteiger partial charge is 0.496 e. The first kappa shape index (κ1) is 85.4. The minimum atomic E-state index is -1.58. The molecule has 0 atom stereocenters. The quantitative estimate of drug-likeness (QED) is 0.0364. The molecule has 15 aliphatic rings. The molecule has 0 saturated heterocycles. The topological polar surface area (TPSA) is 284 Å². The van der Waals surface area contributed by atoms with Gasteiger partial charge in [0.25, 0.3) is 0 Å². The lowest BCUT2D eigenvalue weighted by Gasteiger charge is -2.22. The third-order valence-corrected chi connectivity index (χ3v) is 24.6. The number of carbonyl (C=O) groups excluding carboxylic acids is 8. The number of hydrogen-bond donors (Lipinski definition) is 0. The SMILES string of the molecule is CCOC(=O)C12C#CC#CC3(C(=O)OCC)Cc4c(c(OC)c5c(c4OC)CC(C(=O)OCC)(C#CC#CC4(C(=O)OCC)Cc6c(c(OC)c7c(c6OC)CC(C(=O)OCC)(C#CC#CC6(C(=O)OCC)Cc8c(c(OC)c9c(c8OC)CC(C(=O)OCC)(C#CC#CC8(C(=O)OCC)Cc%10c(c(OC)c(c(c%10OC)C1)C2)C8)C9)C6)C7)C4)C5)C3. The van der Waals surface area contributed by atoms with E-state index in [4.69, 9.17) is 75.8 Å². The molecule has 0 amide bonds. The average Bonchev–Trinajstić information content (AvgIpc) is 1.58. The molecule has 0 aliphatic heterocycles. The van der Waals surface area contributed by atoms with E-state index >= 15 is 0 Å². The molecule has 0 unspecified atom stereocenters. The van der Waals surface area contributed by atoms with E-state index < -0.39 is 91.1 Å². The summed E-state index contributed by atoms with van der Waals surface area (Å²) in [5, 5.41) is 0. The highest BCUT2D eigenvalue weighted by Gasteiger charge is 2.59. The van der Waals surface area contributed by atoms with E-state index in [1.54, 1.807) is 55.4 Å². The molecule has 0 N–H and O–H groups in total. The Morgan fingerprint density at radius 3 is 0.333 bits per heavy atom. The van der Waals surface area contributed by atoms with Gasteiger partial charge >= 0.3 is 47.8 Å². The molecular formula is C96H96O24. The molecule has 19 rings (SSSR count). The van der Waals surface area contributed by atoms with Gasteiger partial charge in [-0.2, -0.15) is 0 Å². The molecule has 4 aromatic carbocycles. The Morgan fingerprint density at radius 2 is 0.267 bits per heavy atom. The number of carbonyl (C=O) groups is 8. The van der Waals surface area contributed by atoms with E-state index in [0.29, 0.717) is 135 Å². The van der Waals surface area contributed by atoms with E-state index in [2.05, 4.69) is 94.7 Å². The second-order valence-electron chi connectivity index (χ2n) is 31.2. The van der Waals surface area contributed by atoms with Crippen LogP contribution in [0.3, 0.4) is 0 Å². The first-order valence-corrected chi connectivity index (χ1v) is 40.4. The molecule has 24 heteroatoms. The molecule has 24 nitrogen and oxygen atoms in total. The zero-order valence-electron chi connectivity index (χ0n) is 70.8. The van der Waals surface area contributed by atoms with Gasteiger partial charge in [-0.25, -0.2) is 0 Å². The van der Waals surface area contributed by atoms with Crippen molar-refractivity contribution in [2.75, 3.05) is 110 Å². The van der Waals surface area contributed by atoms with Gasteiger partial charge in [0.2, 0.25) is 0 Å². The molecule has 15 aliphatic carbocycles. The number of benzene rings is 4. The number of rotatable bonds is 24. The maximum absolute atomic E-state index is 14.7. The van der Waals surface area contributed by atoms with Gasteiger partial charge in [0.05, 0.1) is 110 Å². The summed E-state index contributed by atoms with van der Waals surface area (Å²) >= 11 is 0. The lowest BCUT2D eigenvalue weighted by atomic mass is 9.83. The fourth-order valence-corrected chi connectivity index (χ4v) is 19.6. The van der Waals surface area contributed by atoms with Crippen molar-refractivity contribution in [3.05, 3.63) is 89.0 Å². The van der Waals surface area contributed by atoms with Gasteiger partial charge in [-0.3, -0.25) is 38.4 Å². The van der Waals surface area contributed by atoms with Crippen molar-refractivity contribution in [1.29, 1.82) is 0 Å². The average molecular weight is 1630 g/mol. The normalized spacial score (nSPS) is 24.3. The zero-order valence-corrected chi connectivity index (χ0v) is 70.8. The Bertz CT molecular complexity index is 4430. The van der Waals surface area contributed by atoms with Crippen LogP contribution in [0, 0.1) is 138 Å². The second kappa shape index (κ2) is 33.7. The zero-order chi connectivity index (χ0) is 86.1. The second-order valence-corrected chi connectivity index (χ2v) is 31.2. The Labute approximate surface area is 699 Å². The van der Waals surface area contributed by atoms with Crippen molar-refractivity contribution in [3.8, 4) is 141 Å². The molecule has 120 heavy (non-hydrogen) atoms. The number of hydrogen-bond acceptors (Lipinski definition) is 24. The highest BCUT2D eigenvalue weighted by atomic mass is 16.6. The maximum atomic E-state index is 14.7. The van der Waals surface area contributed by atoms with Gasteiger partial charge in [-0.1, -0.05) is 47.4 Å². The van der Waals surface area contributed by atoms with Crippen molar-refractivity contribution < 1.29 is 114 Å². The van der Waals surface area contributed by atoms with Gasteiger partial charge in [0.1, 0.15) is 89.3 Å². The first-order valence-electron chi connectivity index (χ1n) is 40.4. The van der Waals surface area contributed by atoms with Crippen LogP contribution in [0.25, 0.3) is 0 Å².